The summed E-state index contributed by atoms with van der Waals surface area (Å²) >= 11 is 0. The standard InChI is InChI=1S/C19H19N5O2/c1-4-24(16-6-5-9-20-12-16)18(25)15-7-8-17(21-11-15)26-19-22-13(2)10-14(3)23-19/h5-12H,4H2,1-3H3. The molecule has 0 bridgehead atoms. The van der Waals surface area contributed by atoms with Crippen molar-refractivity contribution in [1.82, 2.24) is 19.9 Å². The van der Waals surface area contributed by atoms with Gasteiger partial charge in [0.05, 0.1) is 17.4 Å². The number of carbonyl (C=O) groups is 1. The third-order valence-corrected chi connectivity index (χ3v) is 3.66. The Kier molecular flexibility index (Phi) is 5.17. The molecular weight excluding hydrogens is 330 g/mol. The Labute approximate surface area is 151 Å². The van der Waals surface area contributed by atoms with Gasteiger partial charge in [-0.2, -0.15) is 0 Å². The lowest BCUT2D eigenvalue weighted by Gasteiger charge is -2.20. The monoisotopic (exact) mass is 349 g/mol. The normalized spacial score (nSPS) is 10.4. The lowest BCUT2D eigenvalue weighted by atomic mass is 10.2. The minimum absolute atomic E-state index is 0.151. The maximum atomic E-state index is 12.7. The summed E-state index contributed by atoms with van der Waals surface area (Å²) in [6.07, 6.45) is 4.81. The van der Waals surface area contributed by atoms with E-state index in [1.807, 2.05) is 32.9 Å². The van der Waals surface area contributed by atoms with E-state index in [9.17, 15) is 4.79 Å². The van der Waals surface area contributed by atoms with Crippen LogP contribution in [0.25, 0.3) is 0 Å². The number of hydrogen-bond acceptors (Lipinski definition) is 6. The summed E-state index contributed by atoms with van der Waals surface area (Å²) in [5.74, 6) is 0.179. The lowest BCUT2D eigenvalue weighted by Crippen LogP contribution is -2.30. The van der Waals surface area contributed by atoms with Gasteiger partial charge in [0.2, 0.25) is 5.88 Å². The van der Waals surface area contributed by atoms with Crippen LogP contribution in [-0.2, 0) is 0 Å². The molecule has 3 heterocycles. The smallest absolute Gasteiger partial charge is 0.323 e. The Morgan fingerprint density at radius 2 is 1.88 bits per heavy atom. The zero-order valence-corrected chi connectivity index (χ0v) is 14.9. The summed E-state index contributed by atoms with van der Waals surface area (Å²) in [4.78, 5) is 31.1. The van der Waals surface area contributed by atoms with Gasteiger partial charge in [-0.15, -0.1) is 0 Å². The topological polar surface area (TPSA) is 81.1 Å². The van der Waals surface area contributed by atoms with E-state index in [4.69, 9.17) is 4.74 Å². The van der Waals surface area contributed by atoms with Crippen LogP contribution in [0.3, 0.4) is 0 Å². The number of carbonyl (C=O) groups excluding carboxylic acids is 1. The van der Waals surface area contributed by atoms with Crippen LogP contribution in [0.1, 0.15) is 28.7 Å². The maximum absolute atomic E-state index is 12.7. The van der Waals surface area contributed by atoms with Gasteiger partial charge in [0, 0.05) is 36.4 Å². The first-order valence-corrected chi connectivity index (χ1v) is 8.25. The van der Waals surface area contributed by atoms with Gasteiger partial charge in [-0.25, -0.2) is 15.0 Å². The maximum Gasteiger partial charge on any atom is 0.323 e. The molecular formula is C19H19N5O2. The molecule has 0 atom stereocenters. The van der Waals surface area contributed by atoms with E-state index >= 15 is 0 Å². The Balaban J connectivity index is 1.77. The van der Waals surface area contributed by atoms with E-state index in [1.165, 1.54) is 6.20 Å². The second kappa shape index (κ2) is 7.69. The number of hydrogen-bond donors (Lipinski definition) is 0. The van der Waals surface area contributed by atoms with Gasteiger partial charge in [-0.05, 0) is 45.0 Å². The molecule has 0 aromatic carbocycles. The number of amides is 1. The van der Waals surface area contributed by atoms with Crippen molar-refractivity contribution in [3.8, 4) is 11.9 Å². The first-order chi connectivity index (χ1) is 12.6. The van der Waals surface area contributed by atoms with Crippen LogP contribution in [0.5, 0.6) is 11.9 Å². The molecule has 0 unspecified atom stereocenters. The zero-order chi connectivity index (χ0) is 18.5. The average molecular weight is 349 g/mol. The highest BCUT2D eigenvalue weighted by atomic mass is 16.5. The summed E-state index contributed by atoms with van der Waals surface area (Å²) in [7, 11) is 0. The van der Waals surface area contributed by atoms with Crippen LogP contribution in [0.2, 0.25) is 0 Å². The fourth-order valence-corrected chi connectivity index (χ4v) is 2.51. The summed E-state index contributed by atoms with van der Waals surface area (Å²) in [5, 5.41) is 0. The van der Waals surface area contributed by atoms with Crippen LogP contribution in [0.15, 0.2) is 48.9 Å². The fourth-order valence-electron chi connectivity index (χ4n) is 2.51. The highest BCUT2D eigenvalue weighted by Gasteiger charge is 2.17. The molecule has 0 spiro atoms. The Morgan fingerprint density at radius 1 is 1.12 bits per heavy atom. The number of pyridine rings is 2. The molecule has 7 heteroatoms. The van der Waals surface area contributed by atoms with Crippen LogP contribution < -0.4 is 9.64 Å². The Hall–Kier alpha value is -3.35. The first-order valence-electron chi connectivity index (χ1n) is 8.25. The van der Waals surface area contributed by atoms with Gasteiger partial charge in [-0.3, -0.25) is 9.78 Å². The van der Waals surface area contributed by atoms with E-state index in [-0.39, 0.29) is 11.9 Å². The molecule has 0 aliphatic rings. The number of aromatic nitrogens is 4. The van der Waals surface area contributed by atoms with Crippen molar-refractivity contribution in [2.45, 2.75) is 20.8 Å². The molecule has 26 heavy (non-hydrogen) atoms. The molecule has 0 aliphatic carbocycles. The second-order valence-electron chi connectivity index (χ2n) is 5.68. The van der Waals surface area contributed by atoms with Crippen LogP contribution in [-0.4, -0.2) is 32.4 Å². The number of anilines is 1. The molecule has 0 aliphatic heterocycles. The third kappa shape index (κ3) is 4.00. The molecule has 3 aromatic heterocycles. The van der Waals surface area contributed by atoms with E-state index < -0.39 is 0 Å². The summed E-state index contributed by atoms with van der Waals surface area (Å²) in [5.41, 5.74) is 2.83. The van der Waals surface area contributed by atoms with Gasteiger partial charge in [0.1, 0.15) is 0 Å². The number of aryl methyl sites for hydroxylation is 2. The van der Waals surface area contributed by atoms with Crippen LogP contribution in [0.4, 0.5) is 5.69 Å². The predicted molar refractivity (Wildman–Crippen MR) is 97.4 cm³/mol. The van der Waals surface area contributed by atoms with Crippen molar-refractivity contribution < 1.29 is 9.53 Å². The molecule has 3 aromatic rings. The molecule has 0 N–H and O–H groups in total. The molecule has 132 valence electrons. The number of nitrogens with zero attached hydrogens (tertiary/aromatic N) is 5. The van der Waals surface area contributed by atoms with Gasteiger partial charge in [0.25, 0.3) is 5.91 Å². The zero-order valence-electron chi connectivity index (χ0n) is 14.9. The SMILES string of the molecule is CCN(C(=O)c1ccc(Oc2nc(C)cc(C)n2)nc1)c1cccnc1. The fraction of sp³-hybridized carbons (Fsp3) is 0.211. The third-order valence-electron chi connectivity index (χ3n) is 3.66. The van der Waals surface area contributed by atoms with Gasteiger partial charge in [-0.1, -0.05) is 0 Å². The molecule has 3 rings (SSSR count). The van der Waals surface area contributed by atoms with Crippen LogP contribution >= 0.6 is 0 Å². The predicted octanol–water partition coefficient (Wildman–Crippen LogP) is 3.34. The molecule has 0 radical (unpaired) electrons. The molecule has 0 fully saturated rings. The average Bonchev–Trinajstić information content (AvgIpc) is 2.63. The van der Waals surface area contributed by atoms with E-state index in [1.54, 1.807) is 35.5 Å². The van der Waals surface area contributed by atoms with Gasteiger partial charge in [0.15, 0.2) is 0 Å². The minimum Gasteiger partial charge on any atom is -0.405 e. The largest absolute Gasteiger partial charge is 0.405 e. The molecule has 1 amide bonds. The van der Waals surface area contributed by atoms with Gasteiger partial charge < -0.3 is 9.64 Å². The van der Waals surface area contributed by atoms with Gasteiger partial charge >= 0.3 is 6.01 Å². The van der Waals surface area contributed by atoms with Crippen molar-refractivity contribution in [2.75, 3.05) is 11.4 Å². The van der Waals surface area contributed by atoms with E-state index in [0.717, 1.165) is 17.1 Å². The van der Waals surface area contributed by atoms with E-state index in [0.29, 0.717) is 18.0 Å². The molecule has 0 saturated heterocycles. The highest BCUT2D eigenvalue weighted by molar-refractivity contribution is 6.05. The summed E-state index contributed by atoms with van der Waals surface area (Å²) < 4.78 is 5.58. The lowest BCUT2D eigenvalue weighted by molar-refractivity contribution is 0.0988. The van der Waals surface area contributed by atoms with Crippen molar-refractivity contribution >= 4 is 11.6 Å². The quantitative estimate of drug-likeness (QED) is 0.703. The molecule has 7 nitrogen and oxygen atoms in total. The van der Waals surface area contributed by atoms with Crippen molar-refractivity contribution in [2.24, 2.45) is 0 Å². The second-order valence-corrected chi connectivity index (χ2v) is 5.68. The Bertz CT molecular complexity index is 877. The van der Waals surface area contributed by atoms with E-state index in [2.05, 4.69) is 19.9 Å². The summed E-state index contributed by atoms with van der Waals surface area (Å²) in [6.45, 7) is 6.18. The van der Waals surface area contributed by atoms with Crippen molar-refractivity contribution in [3.63, 3.8) is 0 Å². The number of rotatable bonds is 5. The highest BCUT2D eigenvalue weighted by Crippen LogP contribution is 2.19. The summed E-state index contributed by atoms with van der Waals surface area (Å²) in [6, 6.07) is 9.04. The first kappa shape index (κ1) is 17.5. The molecule has 0 saturated carbocycles. The van der Waals surface area contributed by atoms with Crippen LogP contribution in [0, 0.1) is 13.8 Å². The minimum atomic E-state index is -0.151. The van der Waals surface area contributed by atoms with Crippen molar-refractivity contribution in [3.05, 3.63) is 65.9 Å². The number of ether oxygens (including phenoxy) is 1. The van der Waals surface area contributed by atoms with Crippen molar-refractivity contribution in [1.29, 1.82) is 0 Å². The Morgan fingerprint density at radius 3 is 2.46 bits per heavy atom.